The van der Waals surface area contributed by atoms with E-state index in [0.717, 1.165) is 30.3 Å². The summed E-state index contributed by atoms with van der Waals surface area (Å²) in [5.41, 5.74) is 12.0. The molecular weight excluding hydrogens is 1650 g/mol. The molecule has 0 saturated heterocycles. The van der Waals surface area contributed by atoms with Crippen molar-refractivity contribution >= 4 is 195 Å². The number of nitrogen functional groups attached to an aromatic ring is 2. The maximum atomic E-state index is 12.7. The van der Waals surface area contributed by atoms with E-state index in [1.165, 1.54) is 115 Å². The predicted molar refractivity (Wildman–Crippen MR) is 332 cm³/mol. The van der Waals surface area contributed by atoms with Gasteiger partial charge in [0.15, 0.2) is 5.75 Å². The fraction of sp³-hybridized carbons (Fsp3) is 0. The molecule has 0 aliphatic carbocycles. The third-order valence-corrected chi connectivity index (χ3v) is 15.7. The van der Waals surface area contributed by atoms with E-state index in [4.69, 9.17) is 62.0 Å². The Balaban J connectivity index is -0.00000403. The molecule has 0 heterocycles. The Hall–Kier alpha value is -3.30. The molecule has 508 valence electrons. The van der Waals surface area contributed by atoms with E-state index in [0.29, 0.717) is 21.7 Å². The van der Waals surface area contributed by atoms with Crippen LogP contribution < -0.4 is 248 Å². The van der Waals surface area contributed by atoms with E-state index in [-0.39, 0.29) is 320 Å². The number of phenolic OH excluding ortho intramolecular Hbond substituents is 2. The minimum Gasteiger partial charge on any atom is -0.744 e. The molecule has 36 nitrogen and oxygen atoms in total. The molecule has 0 spiro atoms. The van der Waals surface area contributed by atoms with Gasteiger partial charge in [0.2, 0.25) is 0 Å². The van der Waals surface area contributed by atoms with Crippen LogP contribution in [-0.2, 0) is 82.9 Å². The number of hydrogen-bond donors (Lipinski definition) is 4. The SMILES string of the molecule is Nc1ccc(N=Nc2ccc(S(=O)(=O)[O-])c3cc[c-]cc23)c2c[c-]c(N=Nc3c[c-]c(/C=C/c4ccc(N=Nc5c(S(=O)(=O)[O-])cc6c(N=Nc7cc[c-]c8ccc(S(=O)(=O)[O-])cc78)ccc(N)c6c5O)cc4S(=O)(=O)[O-])cc3)c(O)c12.O=S(=O)=O.O=S(=O)=O.O=S(=O)=O.O=S(=O)=O.[Na+].[Na+].[Na+].[Na+].[Na+].[Na+].[Na+].[Na+]. The van der Waals surface area contributed by atoms with Gasteiger partial charge in [0.05, 0.1) is 26.6 Å². The molecule has 10 aromatic carbocycles. The van der Waals surface area contributed by atoms with Crippen molar-refractivity contribution in [3.8, 4) is 11.5 Å². The summed E-state index contributed by atoms with van der Waals surface area (Å²) >= 11 is 0. The molecule has 52 heteroatoms. The van der Waals surface area contributed by atoms with Gasteiger partial charge in [-0.25, -0.2) is 38.8 Å². The maximum Gasteiger partial charge on any atom is 1.00 e. The zero-order valence-electron chi connectivity index (χ0n) is 55.5. The Labute approximate surface area is 783 Å². The molecule has 0 radical (unpaired) electrons. The molecule has 0 bridgehead atoms. The molecule has 10 aromatic rings. The zero-order chi connectivity index (χ0) is 72.8. The van der Waals surface area contributed by atoms with Crippen molar-refractivity contribution < 1.29 is 349 Å². The smallest absolute Gasteiger partial charge is 0.744 e. The predicted octanol–water partition coefficient (Wildman–Crippen LogP) is -16.5. The number of aromatic hydroxyl groups is 2. The van der Waals surface area contributed by atoms with Gasteiger partial charge in [0, 0.05) is 60.7 Å². The minimum atomic E-state index is -5.49. The van der Waals surface area contributed by atoms with Crippen molar-refractivity contribution in [1.82, 2.24) is 0 Å². The molecular formula is C54H30N10Na8O26S8. The van der Waals surface area contributed by atoms with Gasteiger partial charge in [-0.3, -0.25) is 0 Å². The maximum absolute atomic E-state index is 12.7. The average Bonchev–Trinajstić information content (AvgIpc) is 0.771. The van der Waals surface area contributed by atoms with Crippen LogP contribution >= 0.6 is 0 Å². The number of nitrogens with two attached hydrogens (primary N) is 2. The van der Waals surface area contributed by atoms with Crippen LogP contribution in [0.25, 0.3) is 55.2 Å². The van der Waals surface area contributed by atoms with Gasteiger partial charge in [-0.05, 0) is 60.2 Å². The Bertz CT molecular complexity index is 5940. The number of benzene rings is 10. The molecule has 0 aliphatic rings. The molecule has 6 N–H and O–H groups in total. The second kappa shape index (κ2) is 47.9. The number of hydrogen-bond acceptors (Lipinski definition) is 36. The van der Waals surface area contributed by atoms with Gasteiger partial charge < -0.3 is 39.9 Å². The van der Waals surface area contributed by atoms with E-state index in [1.807, 2.05) is 0 Å². The molecule has 0 aromatic heterocycles. The summed E-state index contributed by atoms with van der Waals surface area (Å²) in [6, 6.07) is 40.1. The Morgan fingerprint density at radius 2 is 0.858 bits per heavy atom. The van der Waals surface area contributed by atoms with Gasteiger partial charge in [0.25, 0.3) is 0 Å². The second-order valence-electron chi connectivity index (χ2n) is 18.2. The molecule has 0 fully saturated rings. The summed E-state index contributed by atoms with van der Waals surface area (Å²) in [5, 5.41) is 56.5. The van der Waals surface area contributed by atoms with E-state index >= 15 is 0 Å². The quantitative estimate of drug-likeness (QED) is 0.0196. The van der Waals surface area contributed by atoms with E-state index in [9.17, 15) is 62.1 Å². The largest absolute Gasteiger partial charge is 1.00 e. The second-order valence-corrected chi connectivity index (χ2v) is 25.3. The van der Waals surface area contributed by atoms with Crippen LogP contribution in [0.15, 0.2) is 194 Å². The molecule has 0 unspecified atom stereocenters. The summed E-state index contributed by atoms with van der Waals surface area (Å²) in [4.78, 5) is -2.88. The number of rotatable bonds is 14. The van der Waals surface area contributed by atoms with Crippen molar-refractivity contribution in [1.29, 1.82) is 0 Å². The Morgan fingerprint density at radius 3 is 1.37 bits per heavy atom. The van der Waals surface area contributed by atoms with Crippen LogP contribution in [0.5, 0.6) is 11.5 Å². The van der Waals surface area contributed by atoms with E-state index < -0.39 is 120 Å². The van der Waals surface area contributed by atoms with Crippen LogP contribution in [-0.4, -0.2) is 113 Å². The van der Waals surface area contributed by atoms with Crippen LogP contribution in [0.1, 0.15) is 11.1 Å². The molecule has 10 rings (SSSR count). The monoisotopic (exact) mass is 1670 g/mol. The minimum absolute atomic E-state index is 0. The van der Waals surface area contributed by atoms with Crippen LogP contribution in [0.3, 0.4) is 0 Å². The first-order valence-corrected chi connectivity index (χ1v) is 34.7. The van der Waals surface area contributed by atoms with Gasteiger partial charge >= 0.3 is 279 Å². The first-order chi connectivity index (χ1) is 45.8. The first kappa shape index (κ1) is 107. The average molecular weight is 1680 g/mol. The number of phenols is 2. The van der Waals surface area contributed by atoms with Crippen molar-refractivity contribution in [2.45, 2.75) is 19.6 Å². The Kier molecular flexibility index (Phi) is 48.3. The zero-order valence-corrected chi connectivity index (χ0v) is 78.1. The summed E-state index contributed by atoms with van der Waals surface area (Å²) in [6.45, 7) is 0. The normalized spacial score (nSPS) is 10.9. The van der Waals surface area contributed by atoms with E-state index in [1.54, 1.807) is 0 Å². The van der Waals surface area contributed by atoms with Gasteiger partial charge in [-0.15, -0.1) is 121 Å². The summed E-state index contributed by atoms with van der Waals surface area (Å²) in [5.74, 6) is -1.35. The van der Waals surface area contributed by atoms with E-state index in [2.05, 4.69) is 65.2 Å². The third kappa shape index (κ3) is 31.3. The Morgan fingerprint density at radius 1 is 0.377 bits per heavy atom. The van der Waals surface area contributed by atoms with Crippen LogP contribution in [0.2, 0.25) is 0 Å². The van der Waals surface area contributed by atoms with Crippen molar-refractivity contribution in [2.75, 3.05) is 11.5 Å². The standard InChI is InChI=1S/C54H34N10O14S4.8Na.4O3S/c55-40-19-22-44(61-60-43-24-25-47(80(70,71)72)36-6-2-1-5-35(36)43)37-18-21-46(53(65)50(37)40)63-57-32-14-9-29(10-15-32)8-11-31-12-16-33(26-48(31)81(73,74)75)58-64-52-49(82(76,77)78)28-39-45(23-20-41(56)51(39)54(52)66)62-59-42-7-3-4-30-13-17-34(27-38(30)42)79(67,68)69;;;;;;;;;4*1-4(2)3/h2-3,5-9,11-20,22-28,65-66H,55-56H2,(H,67,68,69)(H,70,71,72)(H,73,74,75)(H,76,77,78);;;;;;;;;;;;/q-4;8*+1;;;;/p-4/b11-8+,61-60?,62-59?,63-57?,64-58?;;;;;;;;;;;;. The van der Waals surface area contributed by atoms with Crippen LogP contribution in [0, 0.1) is 24.3 Å². The van der Waals surface area contributed by atoms with Crippen molar-refractivity contribution in [3.05, 3.63) is 169 Å². The first-order valence-electron chi connectivity index (χ1n) is 25.1. The number of nitrogens with zero attached hydrogens (tertiary/aromatic N) is 8. The fourth-order valence-electron chi connectivity index (χ4n) is 8.42. The topological polar surface area (TPSA) is 625 Å². The van der Waals surface area contributed by atoms with Gasteiger partial charge in [0.1, 0.15) is 46.2 Å². The third-order valence-electron chi connectivity index (χ3n) is 12.3. The molecule has 0 aliphatic heterocycles. The summed E-state index contributed by atoms with van der Waals surface area (Å²) in [7, 11) is -32.8. The molecule has 0 atom stereocenters. The molecule has 106 heavy (non-hydrogen) atoms. The van der Waals surface area contributed by atoms with Gasteiger partial charge in [-0.1, -0.05) is 45.8 Å². The van der Waals surface area contributed by atoms with Crippen molar-refractivity contribution in [3.63, 3.8) is 0 Å². The number of azo groups is 4. The summed E-state index contributed by atoms with van der Waals surface area (Å²) in [6.07, 6.45) is 2.69. The summed E-state index contributed by atoms with van der Waals surface area (Å²) < 4.78 is 248. The van der Waals surface area contributed by atoms with Gasteiger partial charge in [-0.2, -0.15) is 72.6 Å². The number of anilines is 2. The van der Waals surface area contributed by atoms with Crippen molar-refractivity contribution in [2.24, 2.45) is 40.9 Å². The van der Waals surface area contributed by atoms with Crippen LogP contribution in [0.4, 0.5) is 56.9 Å². The molecule has 0 saturated carbocycles. The fourth-order valence-corrected chi connectivity index (χ4v) is 10.9. The molecule has 0 amide bonds. The number of fused-ring (bicyclic) bond motifs is 4.